The van der Waals surface area contributed by atoms with Crippen molar-refractivity contribution in [3.63, 3.8) is 0 Å². The number of hydrogen-bond acceptors (Lipinski definition) is 3. The lowest BCUT2D eigenvalue weighted by molar-refractivity contribution is -0.106. The van der Waals surface area contributed by atoms with E-state index in [2.05, 4.69) is 25.5 Å². The standard InChI is InChI=1S/C9H20O.C4H6O.CH3NO/c1-3-5-7-9(10)8-6-4-2;1-2-3-4-5;2-1-3/h9-10H,3-8H2,1-2H3;1,5H,3-4H2;1H,(H2,2,3). The highest BCUT2D eigenvalue weighted by molar-refractivity contribution is 5.42. The molecule has 0 aliphatic carbocycles. The van der Waals surface area contributed by atoms with Crippen LogP contribution in [0.25, 0.3) is 0 Å². The van der Waals surface area contributed by atoms with E-state index in [4.69, 9.17) is 16.3 Å². The first-order chi connectivity index (χ1) is 8.64. The number of amides is 1. The number of aliphatic hydroxyl groups is 2. The van der Waals surface area contributed by atoms with E-state index >= 15 is 0 Å². The minimum atomic E-state index is -0.0279. The number of rotatable bonds is 7. The normalized spacial score (nSPS) is 8.44. The van der Waals surface area contributed by atoms with E-state index in [0.717, 1.165) is 12.8 Å². The van der Waals surface area contributed by atoms with Crippen LogP contribution < -0.4 is 5.73 Å². The molecule has 4 nitrogen and oxygen atoms in total. The first kappa shape index (κ1) is 22.2. The summed E-state index contributed by atoms with van der Waals surface area (Å²) in [4.78, 5) is 8.58. The molecule has 0 saturated heterocycles. The molecular formula is C14H29NO3. The Morgan fingerprint density at radius 3 is 1.83 bits per heavy atom. The Balaban J connectivity index is -0.000000235. The van der Waals surface area contributed by atoms with Crippen molar-refractivity contribution in [2.75, 3.05) is 6.61 Å². The Morgan fingerprint density at radius 2 is 1.67 bits per heavy atom. The predicted molar refractivity (Wildman–Crippen MR) is 75.8 cm³/mol. The van der Waals surface area contributed by atoms with Crippen LogP contribution in [-0.2, 0) is 4.79 Å². The van der Waals surface area contributed by atoms with Gasteiger partial charge in [-0.05, 0) is 12.8 Å². The zero-order chi connectivity index (χ0) is 14.6. The molecule has 0 aliphatic rings. The van der Waals surface area contributed by atoms with Crippen LogP contribution in [0, 0.1) is 12.3 Å². The summed E-state index contributed by atoms with van der Waals surface area (Å²) in [6.07, 6.45) is 12.2. The van der Waals surface area contributed by atoms with Gasteiger partial charge in [0.05, 0.1) is 12.7 Å². The predicted octanol–water partition coefficient (Wildman–Crippen LogP) is 1.83. The third-order valence-electron chi connectivity index (χ3n) is 2.04. The SMILES string of the molecule is C#CCCO.CCCCC(O)CCCC.NC=O. The highest BCUT2D eigenvalue weighted by Crippen LogP contribution is 2.07. The van der Waals surface area contributed by atoms with Crippen LogP contribution in [0.3, 0.4) is 0 Å². The summed E-state index contributed by atoms with van der Waals surface area (Å²) < 4.78 is 0. The molecule has 0 saturated carbocycles. The van der Waals surface area contributed by atoms with E-state index in [1.54, 1.807) is 0 Å². The number of terminal acetylenes is 1. The highest BCUT2D eigenvalue weighted by Gasteiger charge is 2.00. The van der Waals surface area contributed by atoms with Crippen molar-refractivity contribution < 1.29 is 15.0 Å². The van der Waals surface area contributed by atoms with Gasteiger partial charge in [-0.25, -0.2) is 0 Å². The van der Waals surface area contributed by atoms with Crippen molar-refractivity contribution >= 4 is 6.41 Å². The van der Waals surface area contributed by atoms with Crippen LogP contribution >= 0.6 is 0 Å². The molecule has 0 fully saturated rings. The molecule has 0 heterocycles. The second-order valence-corrected chi connectivity index (χ2v) is 3.75. The smallest absolute Gasteiger partial charge is 0.204 e. The summed E-state index contributed by atoms with van der Waals surface area (Å²) in [5, 5.41) is 17.2. The van der Waals surface area contributed by atoms with Crippen LogP contribution in [0.15, 0.2) is 0 Å². The first-order valence-corrected chi connectivity index (χ1v) is 6.52. The number of nitrogens with two attached hydrogens (primary N) is 1. The molecule has 0 unspecified atom stereocenters. The maximum atomic E-state index is 9.31. The summed E-state index contributed by atoms with van der Waals surface area (Å²) in [5.41, 5.74) is 4.17. The van der Waals surface area contributed by atoms with Gasteiger partial charge in [0.2, 0.25) is 6.41 Å². The lowest BCUT2D eigenvalue weighted by atomic mass is 10.1. The van der Waals surface area contributed by atoms with Gasteiger partial charge in [-0.2, -0.15) is 0 Å². The lowest BCUT2D eigenvalue weighted by Crippen LogP contribution is -2.05. The molecular weight excluding hydrogens is 230 g/mol. The number of carbonyl (C=O) groups is 1. The largest absolute Gasteiger partial charge is 0.395 e. The van der Waals surface area contributed by atoms with Crippen LogP contribution in [0.5, 0.6) is 0 Å². The third kappa shape index (κ3) is 36.3. The molecule has 0 radical (unpaired) electrons. The zero-order valence-corrected chi connectivity index (χ0v) is 11.8. The second kappa shape index (κ2) is 25.0. The third-order valence-corrected chi connectivity index (χ3v) is 2.04. The average Bonchev–Trinajstić information content (AvgIpc) is 2.36. The Labute approximate surface area is 112 Å². The van der Waals surface area contributed by atoms with Gasteiger partial charge in [-0.15, -0.1) is 12.3 Å². The monoisotopic (exact) mass is 259 g/mol. The van der Waals surface area contributed by atoms with Crippen LogP contribution in [0.2, 0.25) is 0 Å². The topological polar surface area (TPSA) is 83.6 Å². The van der Waals surface area contributed by atoms with Gasteiger partial charge in [0.15, 0.2) is 0 Å². The van der Waals surface area contributed by atoms with Gasteiger partial charge in [-0.1, -0.05) is 39.5 Å². The summed E-state index contributed by atoms with van der Waals surface area (Å²) in [5.74, 6) is 2.27. The zero-order valence-electron chi connectivity index (χ0n) is 11.8. The van der Waals surface area contributed by atoms with Gasteiger partial charge in [0, 0.05) is 6.42 Å². The van der Waals surface area contributed by atoms with Gasteiger partial charge in [-0.3, -0.25) is 4.79 Å². The van der Waals surface area contributed by atoms with E-state index in [-0.39, 0.29) is 19.1 Å². The molecule has 0 aromatic carbocycles. The fraction of sp³-hybridized carbons (Fsp3) is 0.786. The summed E-state index contributed by atoms with van der Waals surface area (Å²) in [7, 11) is 0. The summed E-state index contributed by atoms with van der Waals surface area (Å²) >= 11 is 0. The molecule has 18 heavy (non-hydrogen) atoms. The number of hydrogen-bond donors (Lipinski definition) is 3. The van der Waals surface area contributed by atoms with Crippen LogP contribution in [-0.4, -0.2) is 29.3 Å². The van der Waals surface area contributed by atoms with Crippen molar-refractivity contribution in [3.05, 3.63) is 0 Å². The van der Waals surface area contributed by atoms with Crippen LogP contribution in [0.1, 0.15) is 58.8 Å². The van der Waals surface area contributed by atoms with Crippen molar-refractivity contribution in [2.45, 2.75) is 64.9 Å². The fourth-order valence-electron chi connectivity index (χ4n) is 1.09. The second-order valence-electron chi connectivity index (χ2n) is 3.75. The minimum Gasteiger partial charge on any atom is -0.395 e. The lowest BCUT2D eigenvalue weighted by Gasteiger charge is -2.07. The number of aliphatic hydroxyl groups excluding tert-OH is 2. The molecule has 0 aromatic rings. The van der Waals surface area contributed by atoms with E-state index in [1.807, 2.05) is 0 Å². The molecule has 0 aliphatic heterocycles. The van der Waals surface area contributed by atoms with Gasteiger partial charge < -0.3 is 15.9 Å². The first-order valence-electron chi connectivity index (χ1n) is 6.52. The quantitative estimate of drug-likeness (QED) is 0.482. The molecule has 0 atom stereocenters. The number of unbranched alkanes of at least 4 members (excludes halogenated alkanes) is 2. The average molecular weight is 259 g/mol. The Bertz CT molecular complexity index is 170. The Hall–Kier alpha value is -1.05. The molecule has 0 spiro atoms. The summed E-state index contributed by atoms with van der Waals surface area (Å²) in [6, 6.07) is 0. The van der Waals surface area contributed by atoms with Crippen molar-refractivity contribution in [3.8, 4) is 12.3 Å². The van der Waals surface area contributed by atoms with E-state index in [9.17, 15) is 5.11 Å². The maximum Gasteiger partial charge on any atom is 0.204 e. The van der Waals surface area contributed by atoms with Gasteiger partial charge >= 0.3 is 0 Å². The number of carbonyl (C=O) groups excluding carboxylic acids is 1. The van der Waals surface area contributed by atoms with E-state index in [1.165, 1.54) is 25.7 Å². The molecule has 4 N–H and O–H groups in total. The number of primary amides is 1. The van der Waals surface area contributed by atoms with Crippen LogP contribution in [0.4, 0.5) is 0 Å². The molecule has 0 rings (SSSR count). The maximum absolute atomic E-state index is 9.31. The molecule has 108 valence electrons. The molecule has 0 aromatic heterocycles. The molecule has 1 amide bonds. The molecule has 0 bridgehead atoms. The Kier molecular flexibility index (Phi) is 30.7. The molecule has 4 heteroatoms. The van der Waals surface area contributed by atoms with Gasteiger partial charge in [0.1, 0.15) is 0 Å². The Morgan fingerprint density at radius 1 is 1.28 bits per heavy atom. The highest BCUT2D eigenvalue weighted by atomic mass is 16.3. The van der Waals surface area contributed by atoms with E-state index < -0.39 is 0 Å². The van der Waals surface area contributed by atoms with E-state index in [0.29, 0.717) is 6.42 Å². The minimum absolute atomic E-state index is 0.0279. The van der Waals surface area contributed by atoms with Gasteiger partial charge in [0.25, 0.3) is 0 Å². The van der Waals surface area contributed by atoms with Crippen molar-refractivity contribution in [2.24, 2.45) is 5.73 Å². The van der Waals surface area contributed by atoms with Crippen molar-refractivity contribution in [1.29, 1.82) is 0 Å². The van der Waals surface area contributed by atoms with Crippen molar-refractivity contribution in [1.82, 2.24) is 0 Å². The summed E-state index contributed by atoms with van der Waals surface area (Å²) in [6.45, 7) is 4.43. The fourth-order valence-corrected chi connectivity index (χ4v) is 1.09.